The fourth-order valence-corrected chi connectivity index (χ4v) is 15.1. The van der Waals surface area contributed by atoms with Crippen LogP contribution < -0.4 is 0 Å². The molecule has 0 radical (unpaired) electrons. The third-order valence-corrected chi connectivity index (χ3v) is 23.7. The van der Waals surface area contributed by atoms with Crippen molar-refractivity contribution in [1.29, 1.82) is 0 Å². The first-order chi connectivity index (χ1) is 54.8. The van der Waals surface area contributed by atoms with Crippen LogP contribution in [0.2, 0.25) is 0 Å². The number of alkyl halides is 6. The molecule has 1 fully saturated rings. The Bertz CT molecular complexity index is 4980. The molecule has 0 spiro atoms. The van der Waals surface area contributed by atoms with E-state index in [0.29, 0.717) is 5.41 Å². The zero-order chi connectivity index (χ0) is 85.1. The lowest BCUT2D eigenvalue weighted by Gasteiger charge is -2.29. The Morgan fingerprint density at radius 2 is 0.483 bits per heavy atom. The summed E-state index contributed by atoms with van der Waals surface area (Å²) in [6.07, 6.45) is 4.82. The second-order valence-electron chi connectivity index (χ2n) is 34.2. The van der Waals surface area contributed by atoms with Gasteiger partial charge in [0.2, 0.25) is 0 Å². The molecule has 0 N–H and O–H groups in total. The zero-order valence-electron chi connectivity index (χ0n) is 73.0. The lowest BCUT2D eigenvalue weighted by molar-refractivity contribution is -0.327. The van der Waals surface area contributed by atoms with Gasteiger partial charge >= 0.3 is 12.4 Å². The van der Waals surface area contributed by atoms with Crippen LogP contribution in [0.15, 0.2) is 291 Å². The summed E-state index contributed by atoms with van der Waals surface area (Å²) in [6.45, 7) is 44.2. The Morgan fingerprint density at radius 3 is 0.707 bits per heavy atom. The summed E-state index contributed by atoms with van der Waals surface area (Å²) >= 11 is 0. The van der Waals surface area contributed by atoms with Crippen LogP contribution in [0.5, 0.6) is 0 Å². The topological polar surface area (TPSA) is 0 Å². The third-order valence-electron chi connectivity index (χ3n) is 23.7. The van der Waals surface area contributed by atoms with Gasteiger partial charge in [-0.05, 0) is 258 Å². The van der Waals surface area contributed by atoms with E-state index in [2.05, 4.69) is 378 Å². The maximum Gasteiger partial charge on any atom is 0.402 e. The predicted molar refractivity (Wildman–Crippen MR) is 494 cm³/mol. The zero-order valence-corrected chi connectivity index (χ0v) is 73.0. The van der Waals surface area contributed by atoms with Crippen LogP contribution in [0.3, 0.4) is 0 Å². The second-order valence-corrected chi connectivity index (χ2v) is 34.2. The normalized spacial score (nSPS) is 13.4. The lowest BCUT2D eigenvalue weighted by Crippen LogP contribution is -2.44. The summed E-state index contributed by atoms with van der Waals surface area (Å²) < 4.78 is 69.7. The summed E-state index contributed by atoms with van der Waals surface area (Å²) in [4.78, 5) is 0. The van der Waals surface area contributed by atoms with E-state index in [4.69, 9.17) is 0 Å². The first kappa shape index (κ1) is 91.2. The largest absolute Gasteiger partial charge is 0.402 e. The Labute approximate surface area is 690 Å². The van der Waals surface area contributed by atoms with E-state index < -0.39 is 17.8 Å². The van der Waals surface area contributed by atoms with Crippen molar-refractivity contribution >= 4 is 64.6 Å². The van der Waals surface area contributed by atoms with E-state index in [9.17, 15) is 26.3 Å². The molecule has 2 aliphatic rings. The monoisotopic (exact) mass is 1560 g/mol. The van der Waals surface area contributed by atoms with Crippen LogP contribution >= 0.6 is 0 Å². The van der Waals surface area contributed by atoms with Gasteiger partial charge in [0.05, 0.1) is 0 Å². The van der Waals surface area contributed by atoms with Crippen LogP contribution in [0, 0.1) is 66.2 Å². The summed E-state index contributed by atoms with van der Waals surface area (Å²) in [5.74, 6) is 0. The first-order valence-corrected chi connectivity index (χ1v) is 41.1. The number of fused-ring (bicyclic) bond motifs is 15. The molecule has 6 heteroatoms. The average Bonchev–Trinajstić information content (AvgIpc) is 1.21. The predicted octanol–water partition coefficient (Wildman–Crippen LogP) is 34.1. The van der Waals surface area contributed by atoms with Crippen molar-refractivity contribution in [3.05, 3.63) is 369 Å². The Morgan fingerprint density at radius 1 is 0.259 bits per heavy atom. The quantitative estimate of drug-likeness (QED) is 0.0936. The number of rotatable bonds is 4. The van der Waals surface area contributed by atoms with Crippen molar-refractivity contribution in [1.82, 2.24) is 0 Å². The number of hydrogen-bond donors (Lipinski definition) is 0. The van der Waals surface area contributed by atoms with Gasteiger partial charge in [-0.25, -0.2) is 0 Å². The summed E-state index contributed by atoms with van der Waals surface area (Å²) in [7, 11) is 0. The molecule has 0 amide bonds. The van der Waals surface area contributed by atoms with Gasteiger partial charge in [-0.3, -0.25) is 0 Å². The van der Waals surface area contributed by atoms with Gasteiger partial charge in [0, 0.05) is 16.2 Å². The van der Waals surface area contributed by atoms with Crippen molar-refractivity contribution in [3.8, 4) is 11.1 Å². The maximum atomic E-state index is 11.6. The maximum absolute atomic E-state index is 11.6. The van der Waals surface area contributed by atoms with Gasteiger partial charge in [0.15, 0.2) is 5.41 Å². The number of allylic oxidation sites excluding steroid dienone is 4. The minimum atomic E-state index is -5.24. The van der Waals surface area contributed by atoms with E-state index in [1.165, 1.54) is 186 Å². The highest BCUT2D eigenvalue weighted by molar-refractivity contribution is 6.27. The van der Waals surface area contributed by atoms with Crippen molar-refractivity contribution < 1.29 is 26.3 Å². The molecule has 0 nitrogen and oxygen atoms in total. The molecule has 0 heterocycles. The number of halogens is 6. The highest BCUT2D eigenvalue weighted by Gasteiger charge is 2.64. The molecule has 116 heavy (non-hydrogen) atoms. The second kappa shape index (κ2) is 39.6. The SMILES string of the molecule is C/C=C/C.C/C=C\C.CC(C)(C(F)(F)F)C(F)(F)F.CC(C)(c1ccccc1)c1ccccc1.CC(C)(c1ccccc1)c1ccccc1.CC1(C)CCCCC1.CC1(C)c2ccccc2-c2ccccc21.Cc1cc2c3cc(C)c(C)cc3c3cc(C)c(C)cc3c2cc1C.Cc1ccc2c3ccc(C)cc3c3ccccc3c2c1. The fraction of sp³-hybridized carbons (Fsp3) is 0.309. The van der Waals surface area contributed by atoms with Crippen LogP contribution in [0.1, 0.15) is 207 Å². The van der Waals surface area contributed by atoms with Crippen molar-refractivity contribution in [2.45, 2.75) is 213 Å². The number of aryl methyl sites for hydroxylation is 8. The molecule has 0 atom stereocenters. The van der Waals surface area contributed by atoms with Gasteiger partial charge in [0.1, 0.15) is 0 Å². The Balaban J connectivity index is 0.000000170. The van der Waals surface area contributed by atoms with Crippen LogP contribution in [0.25, 0.3) is 75.8 Å². The van der Waals surface area contributed by atoms with Crippen molar-refractivity contribution in [2.24, 2.45) is 10.8 Å². The van der Waals surface area contributed by atoms with Crippen molar-refractivity contribution in [3.63, 3.8) is 0 Å². The van der Waals surface area contributed by atoms with Gasteiger partial charge in [-0.2, -0.15) is 26.3 Å². The van der Waals surface area contributed by atoms with E-state index in [-0.39, 0.29) is 30.1 Å². The Hall–Kier alpha value is -10.3. The standard InChI is InChI=1S/C24H24.C20H16.C15H14.2C15H16.C8H16.C5H6F6.2C4H8/c1-13-7-19-20(8-14(13)2)22-10-16(4)18(6)12-24(22)23-11-17(5)15(3)9-21(19)23;1-13-7-9-17-18-10-8-14(2)12-20(18)16-6-4-3-5-15(16)19(17)11-13;1-15(2)13-9-5-3-7-11(13)12-8-4-6-10-14(12)15;2*1-15(2,13-9-5-3-6-10-13)14-11-7-4-8-12-14;1-8(2)6-4-3-5-7-8;1-3(2,4(6,7)8)5(9,10)11;2*1-3-4-2/h7-12H,1-6H3;3-12H,1-2H3;3-10H,1-2H3;2*3-12H,1-2H3;3-7H2,1-2H3;1-2H3;2*3-4H,1-2H3/b;;;;;;;4-3+;4-3-. The molecule has 1 saturated carbocycles. The van der Waals surface area contributed by atoms with E-state index >= 15 is 0 Å². The smallest absolute Gasteiger partial charge is 0.170 e. The highest BCUT2D eigenvalue weighted by Crippen LogP contribution is 2.51. The van der Waals surface area contributed by atoms with Crippen LogP contribution in [-0.2, 0) is 16.2 Å². The van der Waals surface area contributed by atoms with E-state index in [1.807, 2.05) is 52.0 Å². The van der Waals surface area contributed by atoms with Gasteiger partial charge in [0.25, 0.3) is 0 Å². The summed E-state index contributed by atoms with van der Waals surface area (Å²) in [5.41, 5.74) is 19.3. The fourth-order valence-electron chi connectivity index (χ4n) is 15.1. The van der Waals surface area contributed by atoms with Crippen LogP contribution in [0.4, 0.5) is 26.3 Å². The molecule has 0 saturated heterocycles. The van der Waals surface area contributed by atoms with Crippen LogP contribution in [-0.4, -0.2) is 12.4 Å². The van der Waals surface area contributed by atoms with E-state index in [1.54, 1.807) is 0 Å². The molecule has 14 aromatic rings. The molecule has 0 unspecified atom stereocenters. The number of hydrogen-bond acceptors (Lipinski definition) is 0. The van der Waals surface area contributed by atoms with E-state index in [0.717, 1.165) is 0 Å². The minimum absolute atomic E-state index is 0.0858. The molecule has 0 bridgehead atoms. The van der Waals surface area contributed by atoms with Gasteiger partial charge < -0.3 is 0 Å². The summed E-state index contributed by atoms with van der Waals surface area (Å²) in [6, 6.07) is 96.5. The summed E-state index contributed by atoms with van der Waals surface area (Å²) in [5, 5.41) is 16.4. The molecule has 0 aliphatic heterocycles. The lowest BCUT2D eigenvalue weighted by atomic mass is 9.78. The molecular formula is C110H124F6. The molecule has 16 rings (SSSR count). The third kappa shape index (κ3) is 22.1. The molecule has 606 valence electrons. The number of benzene rings is 14. The van der Waals surface area contributed by atoms with Gasteiger partial charge in [-0.15, -0.1) is 0 Å². The van der Waals surface area contributed by atoms with Crippen molar-refractivity contribution in [2.75, 3.05) is 0 Å². The molecule has 2 aliphatic carbocycles. The Kier molecular flexibility index (Phi) is 31.1. The van der Waals surface area contributed by atoms with Gasteiger partial charge in [-0.1, -0.05) is 377 Å². The molecular weight excluding hydrogens is 1440 g/mol. The minimum Gasteiger partial charge on any atom is -0.170 e. The molecule has 14 aromatic carbocycles. The molecule has 0 aromatic heterocycles. The first-order valence-electron chi connectivity index (χ1n) is 41.1. The average molecular weight is 1560 g/mol. The highest BCUT2D eigenvalue weighted by atomic mass is 19.4.